The normalized spacial score (nSPS) is 22.2. The summed E-state index contributed by atoms with van der Waals surface area (Å²) in [7, 11) is 4.21. The summed E-state index contributed by atoms with van der Waals surface area (Å²) in [6, 6.07) is 0. The van der Waals surface area contributed by atoms with Crippen molar-refractivity contribution in [3.8, 4) is 0 Å². The van der Waals surface area contributed by atoms with Crippen molar-refractivity contribution in [1.29, 1.82) is 0 Å². The van der Waals surface area contributed by atoms with Gasteiger partial charge in [-0.05, 0) is 40.0 Å². The van der Waals surface area contributed by atoms with Gasteiger partial charge in [-0.25, -0.2) is 0 Å². The highest BCUT2D eigenvalue weighted by atomic mass is 16.5. The molecule has 1 rings (SSSR count). The minimum atomic E-state index is 0. The third-order valence-electron chi connectivity index (χ3n) is 3.34. The van der Waals surface area contributed by atoms with E-state index >= 15 is 0 Å². The standard InChI is InChI=1S/C13H29N3O.H2/c1-4-7-15(3)8-9-16-10-11-17-13(12-16)5-6-14-2;/h13-14H,4-12H2,1-3H3;1H/t13-;/m0./s1. The van der Waals surface area contributed by atoms with Gasteiger partial charge in [0.05, 0.1) is 12.7 Å². The Kier molecular flexibility index (Phi) is 7.77. The quantitative estimate of drug-likeness (QED) is 0.687. The zero-order chi connectivity index (χ0) is 12.5. The molecule has 1 aliphatic heterocycles. The molecule has 17 heavy (non-hydrogen) atoms. The van der Waals surface area contributed by atoms with Gasteiger partial charge in [-0.2, -0.15) is 0 Å². The number of hydrogen-bond donors (Lipinski definition) is 1. The van der Waals surface area contributed by atoms with Crippen LogP contribution < -0.4 is 5.32 Å². The molecule has 1 saturated heterocycles. The number of nitrogens with zero attached hydrogens (tertiary/aromatic N) is 2. The van der Waals surface area contributed by atoms with Gasteiger partial charge in [0.25, 0.3) is 0 Å². The van der Waals surface area contributed by atoms with Crippen molar-refractivity contribution in [2.24, 2.45) is 0 Å². The minimum absolute atomic E-state index is 0. The average molecular weight is 245 g/mol. The molecule has 0 amide bonds. The van der Waals surface area contributed by atoms with Gasteiger partial charge in [0.15, 0.2) is 0 Å². The Bertz CT molecular complexity index is 195. The molecule has 1 fully saturated rings. The van der Waals surface area contributed by atoms with Crippen LogP contribution in [0.25, 0.3) is 0 Å². The lowest BCUT2D eigenvalue weighted by atomic mass is 10.2. The second kappa shape index (κ2) is 8.86. The summed E-state index contributed by atoms with van der Waals surface area (Å²) in [5.74, 6) is 0. The summed E-state index contributed by atoms with van der Waals surface area (Å²) in [5.41, 5.74) is 0. The smallest absolute Gasteiger partial charge is 0.0714 e. The van der Waals surface area contributed by atoms with Gasteiger partial charge in [-0.3, -0.25) is 4.90 Å². The topological polar surface area (TPSA) is 27.7 Å². The molecular weight excluding hydrogens is 214 g/mol. The monoisotopic (exact) mass is 245 g/mol. The van der Waals surface area contributed by atoms with E-state index < -0.39 is 0 Å². The van der Waals surface area contributed by atoms with Crippen LogP contribution >= 0.6 is 0 Å². The van der Waals surface area contributed by atoms with E-state index in [1.165, 1.54) is 26.1 Å². The van der Waals surface area contributed by atoms with Crippen LogP contribution in [0, 0.1) is 0 Å². The van der Waals surface area contributed by atoms with Gasteiger partial charge in [0.1, 0.15) is 0 Å². The molecule has 1 N–H and O–H groups in total. The summed E-state index contributed by atoms with van der Waals surface area (Å²) in [4.78, 5) is 4.95. The van der Waals surface area contributed by atoms with Crippen molar-refractivity contribution >= 4 is 0 Å². The number of ether oxygens (including phenoxy) is 1. The van der Waals surface area contributed by atoms with Gasteiger partial charge in [-0.15, -0.1) is 0 Å². The molecule has 0 aliphatic carbocycles. The first kappa shape index (κ1) is 14.9. The Balaban J connectivity index is 0.00000289. The van der Waals surface area contributed by atoms with E-state index in [-0.39, 0.29) is 1.43 Å². The molecule has 104 valence electrons. The van der Waals surface area contributed by atoms with Crippen molar-refractivity contribution in [3.05, 3.63) is 0 Å². The fourth-order valence-corrected chi connectivity index (χ4v) is 2.27. The highest BCUT2D eigenvalue weighted by Crippen LogP contribution is 2.07. The molecule has 0 aromatic rings. The molecule has 0 spiro atoms. The van der Waals surface area contributed by atoms with Crippen LogP contribution in [0.2, 0.25) is 0 Å². The number of hydrogen-bond acceptors (Lipinski definition) is 4. The van der Waals surface area contributed by atoms with Gasteiger partial charge in [0.2, 0.25) is 0 Å². The van der Waals surface area contributed by atoms with Crippen LogP contribution in [-0.2, 0) is 4.74 Å². The molecule has 1 aliphatic rings. The summed E-state index contributed by atoms with van der Waals surface area (Å²) >= 11 is 0. The van der Waals surface area contributed by atoms with Crippen molar-refractivity contribution in [1.82, 2.24) is 15.1 Å². The van der Waals surface area contributed by atoms with E-state index in [2.05, 4.69) is 29.1 Å². The van der Waals surface area contributed by atoms with Gasteiger partial charge < -0.3 is 15.0 Å². The lowest BCUT2D eigenvalue weighted by Crippen LogP contribution is -2.45. The molecule has 1 atom stereocenters. The van der Waals surface area contributed by atoms with E-state index in [0.29, 0.717) is 6.10 Å². The van der Waals surface area contributed by atoms with Crippen molar-refractivity contribution in [3.63, 3.8) is 0 Å². The lowest BCUT2D eigenvalue weighted by Gasteiger charge is -2.33. The Labute approximate surface area is 108 Å². The van der Waals surface area contributed by atoms with Crippen LogP contribution in [-0.4, -0.2) is 75.9 Å². The lowest BCUT2D eigenvalue weighted by molar-refractivity contribution is -0.0329. The van der Waals surface area contributed by atoms with Gasteiger partial charge in [-0.1, -0.05) is 6.92 Å². The van der Waals surface area contributed by atoms with Crippen LogP contribution in [0.15, 0.2) is 0 Å². The van der Waals surface area contributed by atoms with Crippen LogP contribution in [0.1, 0.15) is 21.2 Å². The summed E-state index contributed by atoms with van der Waals surface area (Å²) in [6.07, 6.45) is 2.79. The maximum atomic E-state index is 5.77. The van der Waals surface area contributed by atoms with Crippen LogP contribution in [0.5, 0.6) is 0 Å². The molecule has 0 unspecified atom stereocenters. The van der Waals surface area contributed by atoms with E-state index in [1.807, 2.05) is 7.05 Å². The Hall–Kier alpha value is -0.160. The number of rotatable bonds is 8. The second-order valence-corrected chi connectivity index (χ2v) is 4.99. The van der Waals surface area contributed by atoms with Crippen molar-refractivity contribution in [2.45, 2.75) is 25.9 Å². The van der Waals surface area contributed by atoms with Crippen LogP contribution in [0.3, 0.4) is 0 Å². The summed E-state index contributed by atoms with van der Waals surface area (Å²) in [6.45, 7) is 9.92. The molecule has 4 nitrogen and oxygen atoms in total. The highest BCUT2D eigenvalue weighted by molar-refractivity contribution is 4.72. The zero-order valence-electron chi connectivity index (χ0n) is 11.7. The van der Waals surface area contributed by atoms with E-state index in [4.69, 9.17) is 4.74 Å². The third kappa shape index (κ3) is 6.36. The fourth-order valence-electron chi connectivity index (χ4n) is 2.27. The molecule has 0 aromatic carbocycles. The first-order valence-electron chi connectivity index (χ1n) is 6.93. The SMILES string of the molecule is CCCN(C)CCN1CCO[C@@H](CCNC)C1.[HH]. The van der Waals surface area contributed by atoms with Crippen molar-refractivity contribution < 1.29 is 6.16 Å². The summed E-state index contributed by atoms with van der Waals surface area (Å²) in [5, 5.41) is 3.19. The summed E-state index contributed by atoms with van der Waals surface area (Å²) < 4.78 is 5.77. The maximum absolute atomic E-state index is 5.77. The first-order valence-corrected chi connectivity index (χ1v) is 6.93. The number of morpholine rings is 1. The predicted octanol–water partition coefficient (Wildman–Crippen LogP) is 0.885. The predicted molar refractivity (Wildman–Crippen MR) is 74.6 cm³/mol. The highest BCUT2D eigenvalue weighted by Gasteiger charge is 2.19. The molecule has 0 saturated carbocycles. The van der Waals surface area contributed by atoms with E-state index in [0.717, 1.165) is 32.7 Å². The van der Waals surface area contributed by atoms with Gasteiger partial charge >= 0.3 is 0 Å². The molecule has 0 radical (unpaired) electrons. The van der Waals surface area contributed by atoms with E-state index in [1.54, 1.807) is 0 Å². The zero-order valence-corrected chi connectivity index (χ0v) is 11.7. The molecule has 0 aromatic heterocycles. The second-order valence-electron chi connectivity index (χ2n) is 4.99. The average Bonchev–Trinajstić information content (AvgIpc) is 2.35. The number of nitrogens with one attached hydrogen (secondary N) is 1. The Morgan fingerprint density at radius 3 is 3.00 bits per heavy atom. The van der Waals surface area contributed by atoms with Crippen molar-refractivity contribution in [2.75, 3.05) is 60.0 Å². The maximum Gasteiger partial charge on any atom is 0.0714 e. The van der Waals surface area contributed by atoms with Crippen LogP contribution in [0.4, 0.5) is 0 Å². The minimum Gasteiger partial charge on any atom is -0.376 e. The molecule has 1 heterocycles. The largest absolute Gasteiger partial charge is 0.376 e. The first-order chi connectivity index (χ1) is 8.26. The molecule has 4 heteroatoms. The fraction of sp³-hybridized carbons (Fsp3) is 1.00. The van der Waals surface area contributed by atoms with Gasteiger partial charge in [0, 0.05) is 27.6 Å². The van der Waals surface area contributed by atoms with E-state index in [9.17, 15) is 0 Å². The molecule has 0 bridgehead atoms. The molecular formula is C13H31N3O. The number of likely N-dealkylation sites (N-methyl/N-ethyl adjacent to an activating group) is 1. The Morgan fingerprint density at radius 1 is 1.47 bits per heavy atom. The Morgan fingerprint density at radius 2 is 2.29 bits per heavy atom. The third-order valence-corrected chi connectivity index (χ3v) is 3.34.